The van der Waals surface area contributed by atoms with Gasteiger partial charge < -0.3 is 10.2 Å². The number of aryl methyl sites for hydroxylation is 1. The van der Waals surface area contributed by atoms with Crippen LogP contribution in [0.1, 0.15) is 50.8 Å². The highest BCUT2D eigenvalue weighted by Gasteiger charge is 2.19. The highest BCUT2D eigenvalue weighted by atomic mass is 15.3. The van der Waals surface area contributed by atoms with Crippen LogP contribution in [0.25, 0.3) is 0 Å². The molecule has 4 heteroatoms. The number of nitrogens with one attached hydrogen (secondary N) is 1. The predicted molar refractivity (Wildman–Crippen MR) is 101 cm³/mol. The molecule has 0 radical (unpaired) electrons. The molecule has 3 rings (SSSR count). The van der Waals surface area contributed by atoms with Crippen molar-refractivity contribution in [2.45, 2.75) is 46.5 Å². The Morgan fingerprint density at radius 2 is 2.00 bits per heavy atom. The van der Waals surface area contributed by atoms with Crippen molar-refractivity contribution in [3.63, 3.8) is 0 Å². The van der Waals surface area contributed by atoms with Gasteiger partial charge in [-0.1, -0.05) is 39.0 Å². The highest BCUT2D eigenvalue weighted by Crippen LogP contribution is 2.27. The van der Waals surface area contributed by atoms with E-state index in [9.17, 15) is 0 Å². The number of hydrogen-bond acceptors (Lipinski definition) is 4. The Labute approximate surface area is 145 Å². The Balaban J connectivity index is 1.87. The minimum absolute atomic E-state index is 0.471. The predicted octanol–water partition coefficient (Wildman–Crippen LogP) is 4.89. The van der Waals surface area contributed by atoms with Crippen molar-refractivity contribution in [3.8, 4) is 0 Å². The monoisotopic (exact) mass is 324 g/mol. The third-order valence-electron chi connectivity index (χ3n) is 4.63. The average molecular weight is 324 g/mol. The third kappa shape index (κ3) is 3.86. The standard InChI is InChI=1S/C20H28N4/c1-14(2)17-9-5-6-10-18(17)22-19-12-16(4)21-20(23-19)24-11-7-8-15(3)13-24/h5-6,9-10,12,14-15H,7-8,11,13H2,1-4H3,(H,21,22,23). The molecule has 1 saturated heterocycles. The number of nitrogens with zero attached hydrogens (tertiary/aromatic N) is 3. The van der Waals surface area contributed by atoms with E-state index in [-0.39, 0.29) is 0 Å². The molecule has 1 aromatic heterocycles. The van der Waals surface area contributed by atoms with Crippen LogP contribution in [0.2, 0.25) is 0 Å². The topological polar surface area (TPSA) is 41.1 Å². The van der Waals surface area contributed by atoms with Gasteiger partial charge in [0.1, 0.15) is 5.82 Å². The summed E-state index contributed by atoms with van der Waals surface area (Å²) in [5.41, 5.74) is 3.44. The lowest BCUT2D eigenvalue weighted by Gasteiger charge is -2.31. The summed E-state index contributed by atoms with van der Waals surface area (Å²) >= 11 is 0. The minimum Gasteiger partial charge on any atom is -0.340 e. The minimum atomic E-state index is 0.471. The van der Waals surface area contributed by atoms with Gasteiger partial charge in [-0.3, -0.25) is 0 Å². The molecular weight excluding hydrogens is 296 g/mol. The molecule has 0 bridgehead atoms. The molecule has 1 aliphatic heterocycles. The van der Waals surface area contributed by atoms with E-state index in [4.69, 9.17) is 4.98 Å². The van der Waals surface area contributed by atoms with Crippen LogP contribution in [0.5, 0.6) is 0 Å². The SMILES string of the molecule is Cc1cc(Nc2ccccc2C(C)C)nc(N2CCCC(C)C2)n1. The third-order valence-corrected chi connectivity index (χ3v) is 4.63. The zero-order chi connectivity index (χ0) is 17.1. The molecule has 0 aliphatic carbocycles. The summed E-state index contributed by atoms with van der Waals surface area (Å²) in [4.78, 5) is 11.8. The molecule has 0 saturated carbocycles. The van der Waals surface area contributed by atoms with E-state index in [2.05, 4.69) is 60.2 Å². The summed E-state index contributed by atoms with van der Waals surface area (Å²) in [5, 5.41) is 3.51. The number of anilines is 3. The molecule has 0 amide bonds. The van der Waals surface area contributed by atoms with Crippen LogP contribution in [0, 0.1) is 12.8 Å². The van der Waals surface area contributed by atoms with Gasteiger partial charge >= 0.3 is 0 Å². The van der Waals surface area contributed by atoms with Crippen LogP contribution in [0.3, 0.4) is 0 Å². The highest BCUT2D eigenvalue weighted by molar-refractivity contribution is 5.62. The average Bonchev–Trinajstić information content (AvgIpc) is 2.54. The summed E-state index contributed by atoms with van der Waals surface area (Å²) in [6.45, 7) is 10.9. The van der Waals surface area contributed by atoms with Crippen molar-refractivity contribution in [2.75, 3.05) is 23.3 Å². The van der Waals surface area contributed by atoms with Crippen LogP contribution in [-0.2, 0) is 0 Å². The molecule has 1 N–H and O–H groups in total. The maximum atomic E-state index is 4.79. The van der Waals surface area contributed by atoms with E-state index in [0.29, 0.717) is 11.8 Å². The molecule has 1 atom stereocenters. The van der Waals surface area contributed by atoms with Crippen molar-refractivity contribution in [1.29, 1.82) is 0 Å². The smallest absolute Gasteiger partial charge is 0.227 e. The van der Waals surface area contributed by atoms with Crippen molar-refractivity contribution in [3.05, 3.63) is 41.6 Å². The first-order chi connectivity index (χ1) is 11.5. The number of rotatable bonds is 4. The number of benzene rings is 1. The van der Waals surface area contributed by atoms with Gasteiger partial charge in [-0.2, -0.15) is 4.98 Å². The molecule has 2 heterocycles. The second-order valence-corrected chi connectivity index (χ2v) is 7.25. The van der Waals surface area contributed by atoms with Gasteiger partial charge in [0.15, 0.2) is 0 Å². The van der Waals surface area contributed by atoms with Crippen LogP contribution in [0.15, 0.2) is 30.3 Å². The normalized spacial score (nSPS) is 18.0. The van der Waals surface area contributed by atoms with E-state index in [1.807, 2.05) is 13.0 Å². The Morgan fingerprint density at radius 1 is 1.21 bits per heavy atom. The molecule has 4 nitrogen and oxygen atoms in total. The fourth-order valence-electron chi connectivity index (χ4n) is 3.38. The van der Waals surface area contributed by atoms with Gasteiger partial charge in [0.05, 0.1) is 0 Å². The van der Waals surface area contributed by atoms with Crippen molar-refractivity contribution >= 4 is 17.5 Å². The fraction of sp³-hybridized carbons (Fsp3) is 0.500. The van der Waals surface area contributed by atoms with Crippen LogP contribution in [0.4, 0.5) is 17.5 Å². The summed E-state index contributed by atoms with van der Waals surface area (Å²) in [5.74, 6) is 2.91. The van der Waals surface area contributed by atoms with E-state index >= 15 is 0 Å². The molecule has 1 fully saturated rings. The van der Waals surface area contributed by atoms with Crippen molar-refractivity contribution < 1.29 is 0 Å². The Kier molecular flexibility index (Phi) is 5.03. The van der Waals surface area contributed by atoms with Gasteiger partial charge in [0, 0.05) is 30.5 Å². The Morgan fingerprint density at radius 3 is 2.75 bits per heavy atom. The first-order valence-corrected chi connectivity index (χ1v) is 8.99. The molecule has 1 aromatic carbocycles. The quantitative estimate of drug-likeness (QED) is 0.869. The van der Waals surface area contributed by atoms with E-state index < -0.39 is 0 Å². The Hall–Kier alpha value is -2.10. The van der Waals surface area contributed by atoms with Crippen LogP contribution < -0.4 is 10.2 Å². The van der Waals surface area contributed by atoms with Crippen molar-refractivity contribution in [1.82, 2.24) is 9.97 Å². The number of aromatic nitrogens is 2. The Bertz CT molecular complexity index is 696. The van der Waals surface area contributed by atoms with Crippen LogP contribution >= 0.6 is 0 Å². The van der Waals surface area contributed by atoms with Gasteiger partial charge in [-0.05, 0) is 43.2 Å². The maximum Gasteiger partial charge on any atom is 0.227 e. The largest absolute Gasteiger partial charge is 0.340 e. The molecule has 2 aromatic rings. The molecule has 1 aliphatic rings. The number of piperidine rings is 1. The second-order valence-electron chi connectivity index (χ2n) is 7.25. The lowest BCUT2D eigenvalue weighted by Crippen LogP contribution is -2.35. The van der Waals surface area contributed by atoms with E-state index in [1.54, 1.807) is 0 Å². The zero-order valence-electron chi connectivity index (χ0n) is 15.2. The van der Waals surface area contributed by atoms with Gasteiger partial charge in [0.25, 0.3) is 0 Å². The van der Waals surface area contributed by atoms with Gasteiger partial charge in [0.2, 0.25) is 5.95 Å². The lowest BCUT2D eigenvalue weighted by atomic mass is 10.0. The maximum absolute atomic E-state index is 4.79. The molecule has 128 valence electrons. The van der Waals surface area contributed by atoms with Gasteiger partial charge in [-0.25, -0.2) is 4.98 Å². The van der Waals surface area contributed by atoms with Crippen LogP contribution in [-0.4, -0.2) is 23.1 Å². The summed E-state index contributed by atoms with van der Waals surface area (Å²) in [6, 6.07) is 10.5. The summed E-state index contributed by atoms with van der Waals surface area (Å²) in [7, 11) is 0. The lowest BCUT2D eigenvalue weighted by molar-refractivity contribution is 0.442. The first kappa shape index (κ1) is 16.7. The zero-order valence-corrected chi connectivity index (χ0v) is 15.2. The second kappa shape index (κ2) is 7.20. The summed E-state index contributed by atoms with van der Waals surface area (Å²) in [6.07, 6.45) is 2.52. The fourth-order valence-corrected chi connectivity index (χ4v) is 3.38. The molecule has 0 spiro atoms. The van der Waals surface area contributed by atoms with E-state index in [0.717, 1.165) is 36.2 Å². The molecular formula is C20H28N4. The van der Waals surface area contributed by atoms with Crippen molar-refractivity contribution in [2.24, 2.45) is 5.92 Å². The van der Waals surface area contributed by atoms with Gasteiger partial charge in [-0.15, -0.1) is 0 Å². The number of hydrogen-bond donors (Lipinski definition) is 1. The number of para-hydroxylation sites is 1. The molecule has 1 unspecified atom stereocenters. The molecule has 24 heavy (non-hydrogen) atoms. The first-order valence-electron chi connectivity index (χ1n) is 8.99. The van der Waals surface area contributed by atoms with E-state index in [1.165, 1.54) is 18.4 Å². The summed E-state index contributed by atoms with van der Waals surface area (Å²) < 4.78 is 0.